The number of alkyl carbamates (subject to hydrolysis) is 1. The highest BCUT2D eigenvalue weighted by Crippen LogP contribution is 2.39. The summed E-state index contributed by atoms with van der Waals surface area (Å²) >= 11 is 3.55. The first-order chi connectivity index (χ1) is 24.1. The number of Topliss-reactive ketones (excluding diaryl/α,β-unsaturated/α-hetero) is 1. The van der Waals surface area contributed by atoms with Gasteiger partial charge < -0.3 is 34.1 Å². The Labute approximate surface area is 305 Å². The Morgan fingerprint density at radius 2 is 1.75 bits per heavy atom. The van der Waals surface area contributed by atoms with E-state index >= 15 is 0 Å². The molecule has 2 aliphatic rings. The van der Waals surface area contributed by atoms with Crippen molar-refractivity contribution in [2.75, 3.05) is 32.2 Å². The van der Waals surface area contributed by atoms with Crippen molar-refractivity contribution in [3.05, 3.63) is 56.0 Å². The van der Waals surface area contributed by atoms with Gasteiger partial charge in [0.25, 0.3) is 11.8 Å². The predicted molar refractivity (Wildman–Crippen MR) is 190 cm³/mol. The minimum atomic E-state index is -0.803. The molecule has 1 saturated carbocycles. The van der Waals surface area contributed by atoms with E-state index in [0.717, 1.165) is 31.7 Å². The first-order valence-corrected chi connectivity index (χ1v) is 17.4. The maximum absolute atomic E-state index is 13.7. The number of hydrogen-bond acceptors (Lipinski definition) is 11. The fourth-order valence-electron chi connectivity index (χ4n) is 5.76. The van der Waals surface area contributed by atoms with Gasteiger partial charge in [-0.3, -0.25) is 24.5 Å². The lowest BCUT2D eigenvalue weighted by molar-refractivity contribution is -0.386. The molecule has 0 unspecified atom stereocenters. The summed E-state index contributed by atoms with van der Waals surface area (Å²) in [6.45, 7) is 9.02. The maximum Gasteiger partial charge on any atom is 0.406 e. The molecular formula is C35H45BrN4O11. The lowest BCUT2D eigenvalue weighted by Gasteiger charge is -2.38. The summed E-state index contributed by atoms with van der Waals surface area (Å²) in [6, 6.07) is 7.41. The molecule has 16 heteroatoms. The van der Waals surface area contributed by atoms with Crippen LogP contribution in [-0.4, -0.2) is 91.1 Å². The van der Waals surface area contributed by atoms with Gasteiger partial charge in [-0.2, -0.15) is 0 Å². The maximum atomic E-state index is 13.7. The van der Waals surface area contributed by atoms with Crippen LogP contribution >= 0.6 is 15.9 Å². The minimum absolute atomic E-state index is 0.0389. The second-order valence-electron chi connectivity index (χ2n) is 12.4. The minimum Gasteiger partial charge on any atom is -0.479 e. The molecule has 51 heavy (non-hydrogen) atoms. The zero-order chi connectivity index (χ0) is 38.0. The lowest BCUT2D eigenvalue weighted by Crippen LogP contribution is -2.48. The lowest BCUT2D eigenvalue weighted by atomic mass is 9.92. The third kappa shape index (κ3) is 10.4. The van der Waals surface area contributed by atoms with E-state index in [-0.39, 0.29) is 54.1 Å². The number of ether oxygens (including phenoxy) is 4. The molecule has 4 rings (SSSR count). The molecule has 1 aliphatic carbocycles. The summed E-state index contributed by atoms with van der Waals surface area (Å²) in [6.07, 6.45) is 3.47. The number of nitrogens with zero attached hydrogens (tertiary/aromatic N) is 3. The van der Waals surface area contributed by atoms with Gasteiger partial charge in [0.2, 0.25) is 0 Å². The number of methoxy groups -OCH3 is 2. The molecule has 2 aromatic rings. The van der Waals surface area contributed by atoms with E-state index in [1.807, 2.05) is 18.7 Å². The van der Waals surface area contributed by atoms with Crippen molar-refractivity contribution in [3.63, 3.8) is 0 Å². The van der Waals surface area contributed by atoms with Gasteiger partial charge >= 0.3 is 17.7 Å². The van der Waals surface area contributed by atoms with Gasteiger partial charge in [-0.15, -0.1) is 0 Å². The van der Waals surface area contributed by atoms with Crippen LogP contribution in [0.2, 0.25) is 0 Å². The molecular weight excluding hydrogens is 732 g/mol. The van der Waals surface area contributed by atoms with Crippen LogP contribution in [0.25, 0.3) is 0 Å². The van der Waals surface area contributed by atoms with Gasteiger partial charge in [0.15, 0.2) is 23.7 Å². The van der Waals surface area contributed by atoms with Crippen molar-refractivity contribution in [2.45, 2.75) is 91.0 Å². The van der Waals surface area contributed by atoms with Crippen LogP contribution in [0.5, 0.6) is 11.5 Å². The molecule has 0 radical (unpaired) electrons. The Bertz CT molecular complexity index is 1630. The van der Waals surface area contributed by atoms with E-state index in [1.54, 1.807) is 24.0 Å². The second-order valence-corrected chi connectivity index (χ2v) is 13.2. The standard InChI is InChI=1S/C23H32BrN3O5.C12H13NO6/c1-14(2)27(16-8-6-5-7-9-16)22(29)17-12-19-20(13-18(17)24)32-15(3)21(28)26(19)11-10-25-23(30)31-4;1-7(14)8(2)19-11-5-4-9(12(15)18-3)6-10(11)13(16)17/h12-16H,5-11H2,1-4H3,(H,25,30);4-6,8H,1-3H3/t15-;8-/m11/s1. The molecule has 278 valence electrons. The van der Waals surface area contributed by atoms with Crippen LogP contribution < -0.4 is 19.7 Å². The molecule has 1 fully saturated rings. The molecule has 1 heterocycles. The molecule has 2 aromatic carbocycles. The van der Waals surface area contributed by atoms with Crippen molar-refractivity contribution >= 4 is 57.0 Å². The number of nitro groups is 1. The van der Waals surface area contributed by atoms with Crippen LogP contribution in [0.1, 0.15) is 87.4 Å². The van der Waals surface area contributed by atoms with E-state index in [4.69, 9.17) is 9.47 Å². The molecule has 2 atom stereocenters. The van der Waals surface area contributed by atoms with Gasteiger partial charge in [-0.1, -0.05) is 19.3 Å². The number of nitrogens with one attached hydrogen (secondary N) is 1. The van der Waals surface area contributed by atoms with E-state index in [0.29, 0.717) is 21.5 Å². The zero-order valence-corrected chi connectivity index (χ0v) is 31.4. The molecule has 15 nitrogen and oxygen atoms in total. The van der Waals surface area contributed by atoms with Crippen molar-refractivity contribution in [1.29, 1.82) is 0 Å². The molecule has 0 bridgehead atoms. The number of ketones is 1. The van der Waals surface area contributed by atoms with E-state index in [9.17, 15) is 34.1 Å². The van der Waals surface area contributed by atoms with Crippen molar-refractivity contribution < 1.29 is 47.8 Å². The quantitative estimate of drug-likeness (QED) is 0.164. The number of anilines is 1. The van der Waals surface area contributed by atoms with E-state index < -0.39 is 34.9 Å². The number of benzene rings is 2. The molecule has 0 aromatic heterocycles. The Hall–Kier alpha value is -4.73. The number of esters is 1. The van der Waals surface area contributed by atoms with Gasteiger partial charge in [0, 0.05) is 35.7 Å². The summed E-state index contributed by atoms with van der Waals surface area (Å²) in [5.74, 6) is -0.772. The number of hydrogen-bond donors (Lipinski definition) is 1. The van der Waals surface area contributed by atoms with Crippen molar-refractivity contribution in [2.24, 2.45) is 0 Å². The second kappa shape index (κ2) is 18.5. The Morgan fingerprint density at radius 1 is 1.08 bits per heavy atom. The topological polar surface area (TPSA) is 184 Å². The first-order valence-electron chi connectivity index (χ1n) is 16.6. The molecule has 1 aliphatic heterocycles. The average Bonchev–Trinajstić information content (AvgIpc) is 3.09. The molecule has 0 saturated heterocycles. The Balaban J connectivity index is 0.000000316. The summed E-state index contributed by atoms with van der Waals surface area (Å²) in [4.78, 5) is 74.1. The zero-order valence-electron chi connectivity index (χ0n) is 29.9. The van der Waals surface area contributed by atoms with Crippen molar-refractivity contribution in [1.82, 2.24) is 10.2 Å². The largest absolute Gasteiger partial charge is 0.479 e. The Kier molecular flexibility index (Phi) is 14.8. The number of rotatable bonds is 11. The SMILES string of the molecule is COC(=O)NCCN1C(=O)[C@@H](C)Oc2cc(Br)c(C(=O)N(C(C)C)C3CCCCC3)cc21.COC(=O)c1ccc(O[C@H](C)C(C)=O)c([N+](=O)[O-])c1. The monoisotopic (exact) mass is 776 g/mol. The van der Waals surface area contributed by atoms with E-state index in [1.165, 1.54) is 46.6 Å². The van der Waals surface area contributed by atoms with Gasteiger partial charge in [0.05, 0.1) is 36.0 Å². The van der Waals surface area contributed by atoms with Crippen LogP contribution in [0.15, 0.2) is 34.8 Å². The molecule has 3 amide bonds. The normalized spacial score (nSPS) is 16.1. The third-order valence-electron chi connectivity index (χ3n) is 8.49. The summed E-state index contributed by atoms with van der Waals surface area (Å²) in [5.41, 5.74) is 0.673. The van der Waals surface area contributed by atoms with Crippen LogP contribution in [0.4, 0.5) is 16.2 Å². The van der Waals surface area contributed by atoms with Gasteiger partial charge in [0.1, 0.15) is 5.75 Å². The summed E-state index contributed by atoms with van der Waals surface area (Å²) in [5, 5.41) is 13.5. The van der Waals surface area contributed by atoms with Gasteiger partial charge in [-0.25, -0.2) is 9.59 Å². The predicted octanol–water partition coefficient (Wildman–Crippen LogP) is 5.84. The Morgan fingerprint density at radius 3 is 2.31 bits per heavy atom. The highest BCUT2D eigenvalue weighted by molar-refractivity contribution is 9.10. The number of carbonyl (C=O) groups is 5. The number of nitro benzene ring substituents is 1. The highest BCUT2D eigenvalue weighted by Gasteiger charge is 2.35. The fraction of sp³-hybridized carbons (Fsp3) is 0.514. The number of halogens is 1. The van der Waals surface area contributed by atoms with E-state index in [2.05, 4.69) is 30.7 Å². The highest BCUT2D eigenvalue weighted by atomic mass is 79.9. The van der Waals surface area contributed by atoms with Gasteiger partial charge in [-0.05, 0) is 87.7 Å². The number of carbonyl (C=O) groups excluding carboxylic acids is 5. The van der Waals surface area contributed by atoms with Crippen LogP contribution in [-0.2, 0) is 19.1 Å². The fourth-order valence-corrected chi connectivity index (χ4v) is 6.25. The average molecular weight is 778 g/mol. The molecule has 0 spiro atoms. The summed E-state index contributed by atoms with van der Waals surface area (Å²) < 4.78 is 20.7. The number of fused-ring (bicyclic) bond motifs is 1. The van der Waals surface area contributed by atoms with Crippen LogP contribution in [0, 0.1) is 10.1 Å². The number of amides is 3. The third-order valence-corrected chi connectivity index (χ3v) is 9.15. The molecule has 1 N–H and O–H groups in total. The van der Waals surface area contributed by atoms with Crippen molar-refractivity contribution in [3.8, 4) is 11.5 Å². The first kappa shape index (κ1) is 40.7. The van der Waals surface area contributed by atoms with Crippen LogP contribution in [0.3, 0.4) is 0 Å². The smallest absolute Gasteiger partial charge is 0.406 e. The summed E-state index contributed by atoms with van der Waals surface area (Å²) in [7, 11) is 2.46.